The molecule has 2 rings (SSSR count). The van der Waals surface area contributed by atoms with E-state index in [1.165, 1.54) is 6.20 Å². The van der Waals surface area contributed by atoms with Crippen molar-refractivity contribution >= 4 is 22.7 Å². The Hall–Kier alpha value is -2.94. The minimum Gasteiger partial charge on any atom is -0.368 e. The number of carbonyl (C=O) groups excluding carboxylic acids is 2. The van der Waals surface area contributed by atoms with Crippen LogP contribution in [0.4, 0.5) is 0 Å². The summed E-state index contributed by atoms with van der Waals surface area (Å²) in [5, 5.41) is 12.0. The fourth-order valence-electron chi connectivity index (χ4n) is 2.27. The first-order chi connectivity index (χ1) is 10.5. The number of rotatable bonds is 5. The summed E-state index contributed by atoms with van der Waals surface area (Å²) in [6.07, 6.45) is 1.67. The fourth-order valence-corrected chi connectivity index (χ4v) is 2.27. The number of nitrogens with two attached hydrogens (primary N) is 1. The zero-order valence-corrected chi connectivity index (χ0v) is 12.1. The van der Waals surface area contributed by atoms with Crippen molar-refractivity contribution in [2.45, 2.75) is 19.4 Å². The molecular weight excluding hydrogens is 280 g/mol. The summed E-state index contributed by atoms with van der Waals surface area (Å²) < 4.78 is 0. The third-order valence-corrected chi connectivity index (χ3v) is 3.47. The first kappa shape index (κ1) is 15.4. The number of amides is 2. The molecular formula is C16H16N4O2. The Balaban J connectivity index is 2.30. The van der Waals surface area contributed by atoms with E-state index in [4.69, 9.17) is 11.0 Å². The normalized spacial score (nSPS) is 13.1. The summed E-state index contributed by atoms with van der Waals surface area (Å²) >= 11 is 0. The van der Waals surface area contributed by atoms with Crippen LogP contribution in [0, 0.1) is 17.2 Å². The summed E-state index contributed by atoms with van der Waals surface area (Å²) in [6.45, 7) is 1.70. The fraction of sp³-hybridized carbons (Fsp3) is 0.250. The highest BCUT2D eigenvalue weighted by atomic mass is 16.2. The number of fused-ring (bicyclic) bond motifs is 1. The van der Waals surface area contributed by atoms with Crippen molar-refractivity contribution in [2.24, 2.45) is 11.7 Å². The van der Waals surface area contributed by atoms with Gasteiger partial charge in [0.15, 0.2) is 0 Å². The number of benzene rings is 1. The second-order valence-corrected chi connectivity index (χ2v) is 5.07. The van der Waals surface area contributed by atoms with Gasteiger partial charge in [0.05, 0.1) is 17.1 Å². The largest absolute Gasteiger partial charge is 0.368 e. The van der Waals surface area contributed by atoms with Crippen molar-refractivity contribution in [3.63, 3.8) is 0 Å². The van der Waals surface area contributed by atoms with Crippen molar-refractivity contribution in [3.05, 3.63) is 42.1 Å². The van der Waals surface area contributed by atoms with Crippen LogP contribution in [0.1, 0.15) is 23.7 Å². The summed E-state index contributed by atoms with van der Waals surface area (Å²) in [7, 11) is 0. The molecule has 2 atom stereocenters. The van der Waals surface area contributed by atoms with Gasteiger partial charge in [-0.1, -0.05) is 25.1 Å². The van der Waals surface area contributed by atoms with E-state index in [1.807, 2.05) is 18.2 Å². The van der Waals surface area contributed by atoms with Gasteiger partial charge in [-0.15, -0.1) is 0 Å². The van der Waals surface area contributed by atoms with Gasteiger partial charge in [0.25, 0.3) is 5.91 Å². The molecule has 1 heterocycles. The number of hydrogen-bond donors (Lipinski definition) is 2. The van der Waals surface area contributed by atoms with Crippen LogP contribution in [-0.4, -0.2) is 22.8 Å². The molecule has 0 aliphatic heterocycles. The summed E-state index contributed by atoms with van der Waals surface area (Å²) in [5.41, 5.74) is 6.44. The molecule has 112 valence electrons. The number of carbonyl (C=O) groups is 2. The molecule has 22 heavy (non-hydrogen) atoms. The van der Waals surface area contributed by atoms with Crippen molar-refractivity contribution in [1.29, 1.82) is 5.26 Å². The molecule has 0 saturated heterocycles. The van der Waals surface area contributed by atoms with Crippen LogP contribution in [-0.2, 0) is 4.79 Å². The van der Waals surface area contributed by atoms with E-state index in [0.29, 0.717) is 16.5 Å². The quantitative estimate of drug-likeness (QED) is 0.868. The van der Waals surface area contributed by atoms with Crippen molar-refractivity contribution in [3.8, 4) is 6.07 Å². The molecule has 0 unspecified atom stereocenters. The van der Waals surface area contributed by atoms with E-state index in [2.05, 4.69) is 10.3 Å². The lowest BCUT2D eigenvalue weighted by Gasteiger charge is -2.20. The zero-order valence-electron chi connectivity index (χ0n) is 12.1. The highest BCUT2D eigenvalue weighted by Gasteiger charge is 2.25. The molecule has 1 aromatic carbocycles. The highest BCUT2D eigenvalue weighted by Crippen LogP contribution is 2.17. The number of nitrogens with zero attached hydrogens (tertiary/aromatic N) is 2. The first-order valence-electron chi connectivity index (χ1n) is 6.85. The van der Waals surface area contributed by atoms with Crippen LogP contribution in [0.3, 0.4) is 0 Å². The lowest BCUT2D eigenvalue weighted by molar-refractivity contribution is -0.120. The van der Waals surface area contributed by atoms with Crippen LogP contribution in [0.5, 0.6) is 0 Å². The van der Waals surface area contributed by atoms with Gasteiger partial charge < -0.3 is 11.1 Å². The zero-order chi connectivity index (χ0) is 16.1. The van der Waals surface area contributed by atoms with Gasteiger partial charge in [-0.05, 0) is 18.1 Å². The standard InChI is InChI=1S/C16H16N4O2/c1-10(6-8-17)14(15(18)21)20-16(22)12-7-9-19-13-5-3-2-4-11(12)13/h2-5,7,9-10,14H,6H2,1H3,(H2,18,21)(H,20,22)/t10-,14+/m1/s1. The van der Waals surface area contributed by atoms with Crippen molar-refractivity contribution < 1.29 is 9.59 Å². The van der Waals surface area contributed by atoms with E-state index < -0.39 is 17.9 Å². The molecule has 0 aliphatic rings. The number of para-hydroxylation sites is 1. The minimum atomic E-state index is -0.890. The van der Waals surface area contributed by atoms with Gasteiger partial charge >= 0.3 is 0 Å². The average Bonchev–Trinajstić information content (AvgIpc) is 2.51. The molecule has 0 bridgehead atoms. The molecule has 0 spiro atoms. The second kappa shape index (κ2) is 6.68. The summed E-state index contributed by atoms with van der Waals surface area (Å²) in [5.74, 6) is -1.43. The van der Waals surface area contributed by atoms with Gasteiger partial charge in [-0.3, -0.25) is 14.6 Å². The number of nitrogens with one attached hydrogen (secondary N) is 1. The smallest absolute Gasteiger partial charge is 0.252 e. The van der Waals surface area contributed by atoms with Crippen molar-refractivity contribution in [1.82, 2.24) is 10.3 Å². The predicted octanol–water partition coefficient (Wildman–Crippen LogP) is 1.37. The molecule has 6 nitrogen and oxygen atoms in total. The molecule has 0 aliphatic carbocycles. The Labute approximate surface area is 127 Å². The lowest BCUT2D eigenvalue weighted by atomic mass is 9.97. The Morgan fingerprint density at radius 1 is 1.36 bits per heavy atom. The van der Waals surface area contributed by atoms with Crippen LogP contribution in [0.15, 0.2) is 36.5 Å². The average molecular weight is 296 g/mol. The van der Waals surface area contributed by atoms with E-state index in [9.17, 15) is 9.59 Å². The maximum atomic E-state index is 12.5. The van der Waals surface area contributed by atoms with Gasteiger partial charge in [0.1, 0.15) is 6.04 Å². The SMILES string of the molecule is C[C@H](CC#N)[C@H](NC(=O)c1ccnc2ccccc12)C(N)=O. The minimum absolute atomic E-state index is 0.130. The summed E-state index contributed by atoms with van der Waals surface area (Å²) in [4.78, 5) is 28.2. The Morgan fingerprint density at radius 2 is 2.09 bits per heavy atom. The molecule has 0 fully saturated rings. The van der Waals surface area contributed by atoms with Crippen LogP contribution >= 0.6 is 0 Å². The van der Waals surface area contributed by atoms with Crippen molar-refractivity contribution in [2.75, 3.05) is 0 Å². The van der Waals surface area contributed by atoms with Gasteiger partial charge in [0.2, 0.25) is 5.91 Å². The van der Waals surface area contributed by atoms with Gasteiger partial charge in [-0.2, -0.15) is 5.26 Å². The van der Waals surface area contributed by atoms with E-state index >= 15 is 0 Å². The molecule has 3 N–H and O–H groups in total. The Bertz CT molecular complexity index is 746. The highest BCUT2D eigenvalue weighted by molar-refractivity contribution is 6.07. The summed E-state index contributed by atoms with van der Waals surface area (Å²) in [6, 6.07) is 9.90. The molecule has 2 aromatic rings. The number of primary amides is 1. The van der Waals surface area contributed by atoms with Crippen LogP contribution < -0.4 is 11.1 Å². The number of hydrogen-bond acceptors (Lipinski definition) is 4. The molecule has 6 heteroatoms. The van der Waals surface area contributed by atoms with Gasteiger partial charge in [-0.25, -0.2) is 0 Å². The molecule has 0 radical (unpaired) electrons. The van der Waals surface area contributed by atoms with E-state index in [1.54, 1.807) is 25.1 Å². The maximum Gasteiger partial charge on any atom is 0.252 e. The van der Waals surface area contributed by atoms with E-state index in [0.717, 1.165) is 0 Å². The maximum absolute atomic E-state index is 12.5. The molecule has 0 saturated carbocycles. The number of nitriles is 1. The second-order valence-electron chi connectivity index (χ2n) is 5.07. The third-order valence-electron chi connectivity index (χ3n) is 3.47. The Kier molecular flexibility index (Phi) is 4.69. The predicted molar refractivity (Wildman–Crippen MR) is 81.6 cm³/mol. The van der Waals surface area contributed by atoms with Crippen LogP contribution in [0.2, 0.25) is 0 Å². The van der Waals surface area contributed by atoms with Crippen LogP contribution in [0.25, 0.3) is 10.9 Å². The third kappa shape index (κ3) is 3.20. The monoisotopic (exact) mass is 296 g/mol. The number of pyridine rings is 1. The van der Waals surface area contributed by atoms with Gasteiger partial charge in [0, 0.05) is 18.0 Å². The van der Waals surface area contributed by atoms with E-state index in [-0.39, 0.29) is 12.3 Å². The lowest BCUT2D eigenvalue weighted by Crippen LogP contribution is -2.48. The molecule has 2 amide bonds. The Morgan fingerprint density at radius 3 is 2.77 bits per heavy atom. The first-order valence-corrected chi connectivity index (χ1v) is 6.85. The molecule has 1 aromatic heterocycles. The number of aromatic nitrogens is 1. The topological polar surface area (TPSA) is 109 Å².